The standard InChI is InChI=1S/C17H28N6.HI/c1-2-18-17(22-11-13-6-3-4-7-14(13)12-22)19-10-16-21-20-15-8-5-9-23(15)16;/h13-14H,2-12H2,1H3,(H,18,19);1H. The quantitative estimate of drug-likeness (QED) is 0.442. The van der Waals surface area contributed by atoms with E-state index in [0.29, 0.717) is 6.54 Å². The van der Waals surface area contributed by atoms with Gasteiger partial charge in [0.2, 0.25) is 0 Å². The first kappa shape index (κ1) is 17.9. The van der Waals surface area contributed by atoms with Crippen molar-refractivity contribution >= 4 is 29.9 Å². The number of aliphatic imine (C=N–C) groups is 1. The van der Waals surface area contributed by atoms with Gasteiger partial charge in [-0.05, 0) is 38.0 Å². The predicted octanol–water partition coefficient (Wildman–Crippen LogP) is 2.43. The Morgan fingerprint density at radius 2 is 1.92 bits per heavy atom. The van der Waals surface area contributed by atoms with Crippen LogP contribution in [-0.4, -0.2) is 45.3 Å². The number of rotatable bonds is 3. The van der Waals surface area contributed by atoms with Crippen molar-refractivity contribution in [2.75, 3.05) is 19.6 Å². The number of fused-ring (bicyclic) bond motifs is 2. The van der Waals surface area contributed by atoms with E-state index in [1.54, 1.807) is 0 Å². The van der Waals surface area contributed by atoms with E-state index in [-0.39, 0.29) is 24.0 Å². The summed E-state index contributed by atoms with van der Waals surface area (Å²) in [4.78, 5) is 7.36. The van der Waals surface area contributed by atoms with Crippen LogP contribution in [0.4, 0.5) is 0 Å². The summed E-state index contributed by atoms with van der Waals surface area (Å²) in [5.41, 5.74) is 0. The van der Waals surface area contributed by atoms with E-state index >= 15 is 0 Å². The number of hydrogen-bond donors (Lipinski definition) is 1. The molecule has 2 fully saturated rings. The van der Waals surface area contributed by atoms with Crippen LogP contribution in [-0.2, 0) is 19.5 Å². The van der Waals surface area contributed by atoms with Crippen LogP contribution in [0, 0.1) is 11.8 Å². The van der Waals surface area contributed by atoms with Gasteiger partial charge in [-0.15, -0.1) is 34.2 Å². The highest BCUT2D eigenvalue weighted by molar-refractivity contribution is 14.0. The Hall–Kier alpha value is -0.860. The minimum absolute atomic E-state index is 0. The highest BCUT2D eigenvalue weighted by Gasteiger charge is 2.35. The molecule has 1 N–H and O–H groups in total. The molecule has 3 aliphatic rings. The average molecular weight is 444 g/mol. The van der Waals surface area contributed by atoms with Gasteiger partial charge in [-0.25, -0.2) is 4.99 Å². The van der Waals surface area contributed by atoms with Gasteiger partial charge in [-0.2, -0.15) is 0 Å². The Labute approximate surface area is 161 Å². The predicted molar refractivity (Wildman–Crippen MR) is 106 cm³/mol. The molecule has 4 rings (SSSR count). The number of aromatic nitrogens is 3. The molecule has 2 atom stereocenters. The van der Waals surface area contributed by atoms with Crippen molar-refractivity contribution in [2.24, 2.45) is 16.8 Å². The van der Waals surface area contributed by atoms with Gasteiger partial charge in [0.1, 0.15) is 12.4 Å². The molecule has 1 saturated carbocycles. The highest BCUT2D eigenvalue weighted by Crippen LogP contribution is 2.36. The summed E-state index contributed by atoms with van der Waals surface area (Å²) in [5, 5.41) is 12.1. The van der Waals surface area contributed by atoms with Crippen LogP contribution < -0.4 is 5.32 Å². The van der Waals surface area contributed by atoms with Crippen molar-refractivity contribution in [3.63, 3.8) is 0 Å². The lowest BCUT2D eigenvalue weighted by molar-refractivity contribution is 0.299. The molecular formula is C17H29IN6. The Morgan fingerprint density at radius 1 is 1.17 bits per heavy atom. The summed E-state index contributed by atoms with van der Waals surface area (Å²) in [6.45, 7) is 7.11. The first-order valence-electron chi connectivity index (χ1n) is 9.29. The fourth-order valence-electron chi connectivity index (χ4n) is 4.48. The second-order valence-corrected chi connectivity index (χ2v) is 7.17. The van der Waals surface area contributed by atoms with E-state index in [2.05, 4.69) is 31.9 Å². The first-order chi connectivity index (χ1) is 11.3. The van der Waals surface area contributed by atoms with Gasteiger partial charge in [0, 0.05) is 32.6 Å². The molecule has 1 aliphatic carbocycles. The van der Waals surface area contributed by atoms with Gasteiger partial charge in [0.25, 0.3) is 0 Å². The fraction of sp³-hybridized carbons (Fsp3) is 0.824. The monoisotopic (exact) mass is 444 g/mol. The number of guanidine groups is 1. The van der Waals surface area contributed by atoms with E-state index in [1.807, 2.05) is 0 Å². The lowest BCUT2D eigenvalue weighted by Crippen LogP contribution is -2.40. The van der Waals surface area contributed by atoms with Gasteiger partial charge >= 0.3 is 0 Å². The van der Waals surface area contributed by atoms with E-state index in [9.17, 15) is 0 Å². The zero-order valence-electron chi connectivity index (χ0n) is 14.6. The number of nitrogens with one attached hydrogen (secondary N) is 1. The maximum atomic E-state index is 4.88. The largest absolute Gasteiger partial charge is 0.357 e. The van der Waals surface area contributed by atoms with Gasteiger partial charge in [0.15, 0.2) is 11.8 Å². The summed E-state index contributed by atoms with van der Waals surface area (Å²) in [5.74, 6) is 4.98. The smallest absolute Gasteiger partial charge is 0.194 e. The van der Waals surface area contributed by atoms with Crippen LogP contribution >= 0.6 is 24.0 Å². The minimum Gasteiger partial charge on any atom is -0.357 e. The van der Waals surface area contributed by atoms with Crippen LogP contribution in [0.2, 0.25) is 0 Å². The van der Waals surface area contributed by atoms with Crippen molar-refractivity contribution in [3.05, 3.63) is 11.6 Å². The third kappa shape index (κ3) is 3.55. The lowest BCUT2D eigenvalue weighted by atomic mass is 9.82. The zero-order valence-corrected chi connectivity index (χ0v) is 16.9. The summed E-state index contributed by atoms with van der Waals surface area (Å²) < 4.78 is 2.25. The lowest BCUT2D eigenvalue weighted by Gasteiger charge is -2.22. The van der Waals surface area contributed by atoms with Crippen LogP contribution in [0.3, 0.4) is 0 Å². The molecule has 0 radical (unpaired) electrons. The summed E-state index contributed by atoms with van der Waals surface area (Å²) in [7, 11) is 0. The van der Waals surface area contributed by atoms with E-state index in [4.69, 9.17) is 4.99 Å². The molecule has 2 aliphatic heterocycles. The second-order valence-electron chi connectivity index (χ2n) is 7.17. The number of hydrogen-bond acceptors (Lipinski definition) is 3. The van der Waals surface area contributed by atoms with Gasteiger partial charge in [-0.3, -0.25) is 0 Å². The van der Waals surface area contributed by atoms with Crippen molar-refractivity contribution in [2.45, 2.75) is 58.5 Å². The van der Waals surface area contributed by atoms with Crippen LogP contribution in [0.5, 0.6) is 0 Å². The zero-order chi connectivity index (χ0) is 15.6. The van der Waals surface area contributed by atoms with Crippen molar-refractivity contribution < 1.29 is 0 Å². The normalized spacial score (nSPS) is 26.0. The Morgan fingerprint density at radius 3 is 2.62 bits per heavy atom. The highest BCUT2D eigenvalue weighted by atomic mass is 127. The van der Waals surface area contributed by atoms with Gasteiger partial charge in [0.05, 0.1) is 0 Å². The number of aryl methyl sites for hydroxylation is 1. The number of nitrogens with zero attached hydrogens (tertiary/aromatic N) is 5. The topological polar surface area (TPSA) is 58.3 Å². The Bertz CT molecular complexity index is 570. The molecule has 0 spiro atoms. The first-order valence-corrected chi connectivity index (χ1v) is 9.29. The molecule has 6 nitrogen and oxygen atoms in total. The third-order valence-corrected chi connectivity index (χ3v) is 5.67. The molecule has 2 unspecified atom stereocenters. The molecular weight excluding hydrogens is 415 g/mol. The van der Waals surface area contributed by atoms with Crippen LogP contribution in [0.1, 0.15) is 50.7 Å². The summed E-state index contributed by atoms with van der Waals surface area (Å²) in [6, 6.07) is 0. The molecule has 7 heteroatoms. The van der Waals surface area contributed by atoms with E-state index in [0.717, 1.165) is 49.0 Å². The molecule has 1 aromatic rings. The van der Waals surface area contributed by atoms with Gasteiger partial charge in [-0.1, -0.05) is 12.8 Å². The summed E-state index contributed by atoms with van der Waals surface area (Å²) >= 11 is 0. The summed E-state index contributed by atoms with van der Waals surface area (Å²) in [6.07, 6.45) is 7.88. The molecule has 0 amide bonds. The molecule has 1 aromatic heterocycles. The SMILES string of the molecule is CCNC(=NCc1nnc2n1CCC2)N1CC2CCCCC2C1.I. The maximum Gasteiger partial charge on any atom is 0.194 e. The molecule has 0 aromatic carbocycles. The van der Waals surface area contributed by atoms with Gasteiger partial charge < -0.3 is 14.8 Å². The Kier molecular flexibility index (Phi) is 5.99. The Balaban J connectivity index is 0.00000169. The third-order valence-electron chi connectivity index (χ3n) is 5.67. The van der Waals surface area contributed by atoms with Crippen LogP contribution in [0.15, 0.2) is 4.99 Å². The average Bonchev–Trinajstić information content (AvgIpc) is 3.26. The fourth-order valence-corrected chi connectivity index (χ4v) is 4.48. The minimum atomic E-state index is 0. The van der Waals surface area contributed by atoms with Crippen LogP contribution in [0.25, 0.3) is 0 Å². The maximum absolute atomic E-state index is 4.88. The molecule has 134 valence electrons. The number of halogens is 1. The molecule has 24 heavy (non-hydrogen) atoms. The van der Waals surface area contributed by atoms with E-state index < -0.39 is 0 Å². The van der Waals surface area contributed by atoms with Crippen molar-refractivity contribution in [1.29, 1.82) is 0 Å². The van der Waals surface area contributed by atoms with Crippen molar-refractivity contribution in [3.8, 4) is 0 Å². The number of likely N-dealkylation sites (tertiary alicyclic amines) is 1. The molecule has 1 saturated heterocycles. The van der Waals surface area contributed by atoms with E-state index in [1.165, 1.54) is 45.2 Å². The van der Waals surface area contributed by atoms with Crippen molar-refractivity contribution in [1.82, 2.24) is 25.0 Å². The molecule has 0 bridgehead atoms. The second kappa shape index (κ2) is 8.01. The molecule has 3 heterocycles.